The zero-order valence-corrected chi connectivity index (χ0v) is 13.6. The molecule has 0 saturated heterocycles. The Morgan fingerprint density at radius 3 is 2.54 bits per heavy atom. The molecule has 1 N–H and O–H groups in total. The van der Waals surface area contributed by atoms with Crippen molar-refractivity contribution in [3.63, 3.8) is 0 Å². The lowest BCUT2D eigenvalue weighted by molar-refractivity contribution is 0.0600. The lowest BCUT2D eigenvalue weighted by atomic mass is 10.1. The third-order valence-electron chi connectivity index (χ3n) is 3.37. The van der Waals surface area contributed by atoms with E-state index in [4.69, 9.17) is 0 Å². The van der Waals surface area contributed by atoms with Crippen LogP contribution in [0.5, 0.6) is 0 Å². The smallest absolute Gasteiger partial charge is 0.337 e. The summed E-state index contributed by atoms with van der Waals surface area (Å²) in [6, 6.07) is 11.8. The van der Waals surface area contributed by atoms with Crippen molar-refractivity contribution in [1.82, 2.24) is 0 Å². The van der Waals surface area contributed by atoms with Crippen molar-refractivity contribution in [2.24, 2.45) is 4.99 Å². The maximum atomic E-state index is 12.5. The Labute approximate surface area is 140 Å². The van der Waals surface area contributed by atoms with Crippen LogP contribution in [0.25, 0.3) is 6.08 Å². The number of para-hydroxylation sites is 1. The highest BCUT2D eigenvalue weighted by atomic mass is 16.5. The molecule has 24 heavy (non-hydrogen) atoms. The van der Waals surface area contributed by atoms with E-state index in [-0.39, 0.29) is 5.91 Å². The van der Waals surface area contributed by atoms with Gasteiger partial charge < -0.3 is 10.1 Å². The maximum absolute atomic E-state index is 12.5. The molecule has 0 aliphatic rings. The van der Waals surface area contributed by atoms with Crippen molar-refractivity contribution >= 4 is 36.0 Å². The maximum Gasteiger partial charge on any atom is 0.337 e. The molecule has 0 unspecified atom stereocenters. The second-order valence-corrected chi connectivity index (χ2v) is 4.93. The molecule has 0 aliphatic carbocycles. The normalized spacial score (nSPS) is 10.4. The number of aliphatic imine (C=N–C) groups is 1. The summed E-state index contributed by atoms with van der Waals surface area (Å²) in [5, 5.41) is 2.80. The van der Waals surface area contributed by atoms with E-state index in [1.165, 1.54) is 13.2 Å². The minimum Gasteiger partial charge on any atom is -0.465 e. The van der Waals surface area contributed by atoms with Crippen LogP contribution in [0, 0.1) is 0 Å². The predicted molar refractivity (Wildman–Crippen MR) is 96.1 cm³/mol. The highest BCUT2D eigenvalue weighted by molar-refractivity contribution is 6.07. The first-order valence-electron chi connectivity index (χ1n) is 7.33. The van der Waals surface area contributed by atoms with Crippen LogP contribution in [-0.4, -0.2) is 25.7 Å². The molecule has 2 aromatic carbocycles. The van der Waals surface area contributed by atoms with Gasteiger partial charge in [0.05, 0.1) is 24.0 Å². The molecule has 0 radical (unpaired) electrons. The Bertz CT molecular complexity index is 810. The van der Waals surface area contributed by atoms with E-state index in [0.717, 1.165) is 5.56 Å². The van der Waals surface area contributed by atoms with Crippen molar-refractivity contribution in [3.05, 3.63) is 65.2 Å². The van der Waals surface area contributed by atoms with Crippen molar-refractivity contribution in [1.29, 1.82) is 0 Å². The quantitative estimate of drug-likeness (QED) is 0.666. The Balaban J connectivity index is 2.32. The first kappa shape index (κ1) is 17.1. The molecule has 2 aromatic rings. The third kappa shape index (κ3) is 3.76. The summed E-state index contributed by atoms with van der Waals surface area (Å²) in [5.74, 6) is -0.837. The fourth-order valence-corrected chi connectivity index (χ4v) is 2.25. The molecule has 2 rings (SSSR count). The molecule has 0 heterocycles. The van der Waals surface area contributed by atoms with Gasteiger partial charge in [-0.2, -0.15) is 0 Å². The van der Waals surface area contributed by atoms with Gasteiger partial charge in [0.2, 0.25) is 0 Å². The SMILES string of the molecule is C=Nc1c(/C=C\C)cccc1NC(=O)c1cccc(C(=O)OC)c1. The monoisotopic (exact) mass is 322 g/mol. The van der Waals surface area contributed by atoms with Gasteiger partial charge in [0.25, 0.3) is 5.91 Å². The van der Waals surface area contributed by atoms with E-state index in [2.05, 4.69) is 21.8 Å². The van der Waals surface area contributed by atoms with E-state index >= 15 is 0 Å². The summed E-state index contributed by atoms with van der Waals surface area (Å²) in [5.41, 5.74) is 2.66. The fraction of sp³-hybridized carbons (Fsp3) is 0.105. The van der Waals surface area contributed by atoms with E-state index in [1.54, 1.807) is 24.3 Å². The number of methoxy groups -OCH3 is 1. The van der Waals surface area contributed by atoms with Gasteiger partial charge in [-0.05, 0) is 37.9 Å². The number of benzene rings is 2. The molecular formula is C19H18N2O3. The molecule has 1 amide bonds. The minimum atomic E-state index is -0.492. The van der Waals surface area contributed by atoms with Gasteiger partial charge in [-0.1, -0.05) is 30.4 Å². The number of carbonyl (C=O) groups is 2. The zero-order chi connectivity index (χ0) is 17.5. The number of hydrogen-bond acceptors (Lipinski definition) is 4. The van der Waals surface area contributed by atoms with Gasteiger partial charge >= 0.3 is 5.97 Å². The van der Waals surface area contributed by atoms with Crippen LogP contribution < -0.4 is 5.32 Å². The van der Waals surface area contributed by atoms with Crippen molar-refractivity contribution in [3.8, 4) is 0 Å². The highest BCUT2D eigenvalue weighted by Gasteiger charge is 2.13. The molecule has 0 fully saturated rings. The zero-order valence-electron chi connectivity index (χ0n) is 13.6. The molecule has 0 atom stereocenters. The van der Waals surface area contributed by atoms with Crippen LogP contribution in [0.1, 0.15) is 33.2 Å². The summed E-state index contributed by atoms with van der Waals surface area (Å²) in [6.07, 6.45) is 3.77. The lowest BCUT2D eigenvalue weighted by Crippen LogP contribution is -2.13. The number of ether oxygens (including phenoxy) is 1. The van der Waals surface area contributed by atoms with Crippen LogP contribution >= 0.6 is 0 Å². The van der Waals surface area contributed by atoms with Crippen LogP contribution in [0.3, 0.4) is 0 Å². The number of carbonyl (C=O) groups excluding carboxylic acids is 2. The average Bonchev–Trinajstić information content (AvgIpc) is 2.61. The van der Waals surface area contributed by atoms with Crippen LogP contribution in [-0.2, 0) is 4.74 Å². The second kappa shape index (κ2) is 7.87. The summed E-state index contributed by atoms with van der Waals surface area (Å²) < 4.78 is 4.67. The number of nitrogens with zero attached hydrogens (tertiary/aromatic N) is 1. The number of allylic oxidation sites excluding steroid dienone is 1. The molecule has 0 spiro atoms. The van der Waals surface area contributed by atoms with Crippen molar-refractivity contribution in [2.75, 3.05) is 12.4 Å². The Morgan fingerprint density at radius 1 is 1.17 bits per heavy atom. The molecule has 122 valence electrons. The standard InChI is InChI=1S/C19H18N2O3/c1-4-7-13-8-6-11-16(17(13)20-2)21-18(22)14-9-5-10-15(12-14)19(23)24-3/h4-12H,2H2,1,3H3,(H,21,22)/b7-4-. The molecule has 0 aromatic heterocycles. The first-order valence-corrected chi connectivity index (χ1v) is 7.33. The number of nitrogens with one attached hydrogen (secondary N) is 1. The summed E-state index contributed by atoms with van der Waals surface area (Å²) in [7, 11) is 1.30. The van der Waals surface area contributed by atoms with Gasteiger partial charge in [-0.3, -0.25) is 9.79 Å². The van der Waals surface area contributed by atoms with Crippen molar-refractivity contribution < 1.29 is 14.3 Å². The van der Waals surface area contributed by atoms with Gasteiger partial charge in [0.1, 0.15) is 0 Å². The Kier molecular flexibility index (Phi) is 5.63. The first-order chi connectivity index (χ1) is 11.6. The number of hydrogen-bond donors (Lipinski definition) is 1. The minimum absolute atomic E-state index is 0.315. The predicted octanol–water partition coefficient (Wildman–Crippen LogP) is 4.09. The number of esters is 1. The van der Waals surface area contributed by atoms with Gasteiger partial charge in [0, 0.05) is 11.1 Å². The van der Waals surface area contributed by atoms with Crippen LogP contribution in [0.2, 0.25) is 0 Å². The second-order valence-electron chi connectivity index (χ2n) is 4.93. The van der Waals surface area contributed by atoms with Crippen molar-refractivity contribution in [2.45, 2.75) is 6.92 Å². The molecule has 0 aliphatic heterocycles. The topological polar surface area (TPSA) is 67.8 Å². The summed E-state index contributed by atoms with van der Waals surface area (Å²) >= 11 is 0. The van der Waals surface area contributed by atoms with E-state index in [1.807, 2.05) is 31.2 Å². The molecule has 5 nitrogen and oxygen atoms in total. The number of amides is 1. The van der Waals surface area contributed by atoms with E-state index in [9.17, 15) is 9.59 Å². The van der Waals surface area contributed by atoms with Gasteiger partial charge in [0.15, 0.2) is 0 Å². The number of rotatable bonds is 5. The average molecular weight is 322 g/mol. The fourth-order valence-electron chi connectivity index (χ4n) is 2.25. The highest BCUT2D eigenvalue weighted by Crippen LogP contribution is 2.30. The summed E-state index contributed by atoms with van der Waals surface area (Å²) in [6.45, 7) is 5.47. The Morgan fingerprint density at radius 2 is 1.88 bits per heavy atom. The van der Waals surface area contributed by atoms with Crippen LogP contribution in [0.15, 0.2) is 53.5 Å². The van der Waals surface area contributed by atoms with Gasteiger partial charge in [-0.15, -0.1) is 0 Å². The van der Waals surface area contributed by atoms with Gasteiger partial charge in [-0.25, -0.2) is 4.79 Å². The third-order valence-corrected chi connectivity index (χ3v) is 3.37. The number of anilines is 1. The summed E-state index contributed by atoms with van der Waals surface area (Å²) in [4.78, 5) is 28.1. The molecule has 0 bridgehead atoms. The lowest BCUT2D eigenvalue weighted by Gasteiger charge is -2.11. The molecular weight excluding hydrogens is 304 g/mol. The molecule has 0 saturated carbocycles. The Hall–Kier alpha value is -3.21. The largest absolute Gasteiger partial charge is 0.465 e. The van der Waals surface area contributed by atoms with E-state index < -0.39 is 5.97 Å². The van der Waals surface area contributed by atoms with Crippen LogP contribution in [0.4, 0.5) is 11.4 Å². The molecule has 5 heteroatoms. The van der Waals surface area contributed by atoms with E-state index in [0.29, 0.717) is 22.5 Å².